The first kappa shape index (κ1) is 26.3. The SMILES string of the molecule is Cc1c(CCCN2CCCC2)cc(Cl)cc1N1CCN(c2ncnc3c2c(Br)nn3C2CCCCO2)CC1. The molecular formula is C28H37BrClN7O. The van der Waals surface area contributed by atoms with Crippen LogP contribution in [0, 0.1) is 6.92 Å². The Kier molecular flexibility index (Phi) is 8.07. The minimum Gasteiger partial charge on any atom is -0.368 e. The van der Waals surface area contributed by atoms with Gasteiger partial charge in [0.1, 0.15) is 16.7 Å². The topological polar surface area (TPSA) is 62.5 Å². The van der Waals surface area contributed by atoms with Gasteiger partial charge in [0, 0.05) is 43.5 Å². The minimum absolute atomic E-state index is 0.0625. The van der Waals surface area contributed by atoms with Crippen LogP contribution in [0.1, 0.15) is 55.9 Å². The molecule has 3 aliphatic heterocycles. The number of benzene rings is 1. The standard InChI is InChI=1S/C28H37BrClN7O/c1-20-21(7-6-11-34-9-3-4-10-34)17-22(30)18-23(20)35-12-14-36(15-13-35)27-25-26(29)33-37(28(25)32-19-31-27)24-8-2-5-16-38-24/h17-19,24H,2-16H2,1H3. The van der Waals surface area contributed by atoms with Gasteiger partial charge in [-0.2, -0.15) is 5.10 Å². The van der Waals surface area contributed by atoms with E-state index in [1.165, 1.54) is 55.7 Å². The molecule has 6 rings (SSSR count). The summed E-state index contributed by atoms with van der Waals surface area (Å²) < 4.78 is 8.71. The van der Waals surface area contributed by atoms with Crippen molar-refractivity contribution in [1.82, 2.24) is 24.6 Å². The molecule has 0 saturated carbocycles. The molecule has 0 amide bonds. The first-order chi connectivity index (χ1) is 18.6. The Morgan fingerprint density at radius 3 is 2.55 bits per heavy atom. The van der Waals surface area contributed by atoms with Gasteiger partial charge in [-0.1, -0.05) is 11.6 Å². The molecule has 0 aliphatic carbocycles. The molecule has 5 heterocycles. The lowest BCUT2D eigenvalue weighted by molar-refractivity contribution is -0.0371. The average Bonchev–Trinajstić information content (AvgIpc) is 3.59. The second-order valence-corrected chi connectivity index (χ2v) is 12.0. The molecule has 0 bridgehead atoms. The molecule has 3 saturated heterocycles. The second kappa shape index (κ2) is 11.7. The zero-order valence-electron chi connectivity index (χ0n) is 22.2. The van der Waals surface area contributed by atoms with E-state index in [1.807, 2.05) is 4.68 Å². The first-order valence-corrected chi connectivity index (χ1v) is 15.3. The lowest BCUT2D eigenvalue weighted by atomic mass is 10.0. The minimum atomic E-state index is -0.0625. The van der Waals surface area contributed by atoms with E-state index in [-0.39, 0.29) is 6.23 Å². The summed E-state index contributed by atoms with van der Waals surface area (Å²) in [7, 11) is 0. The highest BCUT2D eigenvalue weighted by Crippen LogP contribution is 2.35. The molecule has 3 aliphatic rings. The van der Waals surface area contributed by atoms with Crippen molar-refractivity contribution in [2.24, 2.45) is 0 Å². The Balaban J connectivity index is 1.16. The molecule has 0 spiro atoms. The molecule has 204 valence electrons. The van der Waals surface area contributed by atoms with Crippen molar-refractivity contribution in [3.63, 3.8) is 0 Å². The Bertz CT molecular complexity index is 1260. The fourth-order valence-corrected chi connectivity index (χ4v) is 7.00. The summed E-state index contributed by atoms with van der Waals surface area (Å²) in [6, 6.07) is 4.31. The number of aryl methyl sites for hydroxylation is 1. The largest absolute Gasteiger partial charge is 0.368 e. The van der Waals surface area contributed by atoms with E-state index < -0.39 is 0 Å². The molecule has 1 aromatic carbocycles. The Morgan fingerprint density at radius 2 is 1.79 bits per heavy atom. The summed E-state index contributed by atoms with van der Waals surface area (Å²) in [4.78, 5) is 16.7. The van der Waals surface area contributed by atoms with Gasteiger partial charge in [-0.25, -0.2) is 14.6 Å². The van der Waals surface area contributed by atoms with E-state index in [0.29, 0.717) is 0 Å². The van der Waals surface area contributed by atoms with Crippen LogP contribution < -0.4 is 9.80 Å². The van der Waals surface area contributed by atoms with E-state index >= 15 is 0 Å². The zero-order valence-corrected chi connectivity index (χ0v) is 24.6. The molecular weight excluding hydrogens is 566 g/mol. The van der Waals surface area contributed by atoms with Gasteiger partial charge in [-0.15, -0.1) is 0 Å². The number of aromatic nitrogens is 4. The number of nitrogens with zero attached hydrogens (tertiary/aromatic N) is 7. The maximum absolute atomic E-state index is 6.63. The normalized spacial score (nSPS) is 21.1. The smallest absolute Gasteiger partial charge is 0.167 e. The number of fused-ring (bicyclic) bond motifs is 1. The van der Waals surface area contributed by atoms with Crippen LogP contribution in [0.15, 0.2) is 23.1 Å². The highest BCUT2D eigenvalue weighted by Gasteiger charge is 2.27. The molecule has 0 radical (unpaired) electrons. The van der Waals surface area contributed by atoms with Crippen molar-refractivity contribution in [3.05, 3.63) is 39.2 Å². The van der Waals surface area contributed by atoms with Crippen molar-refractivity contribution in [2.75, 3.05) is 62.2 Å². The van der Waals surface area contributed by atoms with Gasteiger partial charge >= 0.3 is 0 Å². The summed E-state index contributed by atoms with van der Waals surface area (Å²) in [6.07, 6.45) is 9.77. The summed E-state index contributed by atoms with van der Waals surface area (Å²) in [6.45, 7) is 10.3. The molecule has 8 nitrogen and oxygen atoms in total. The van der Waals surface area contributed by atoms with E-state index in [9.17, 15) is 0 Å². The fraction of sp³-hybridized carbons (Fsp3) is 0.607. The molecule has 1 unspecified atom stereocenters. The Hall–Kier alpha value is -1.94. The van der Waals surface area contributed by atoms with Crippen molar-refractivity contribution in [2.45, 2.75) is 58.1 Å². The lowest BCUT2D eigenvalue weighted by Gasteiger charge is -2.38. The molecule has 38 heavy (non-hydrogen) atoms. The van der Waals surface area contributed by atoms with Crippen LogP contribution in [-0.2, 0) is 11.2 Å². The number of hydrogen-bond acceptors (Lipinski definition) is 7. The highest BCUT2D eigenvalue weighted by molar-refractivity contribution is 9.10. The predicted molar refractivity (Wildman–Crippen MR) is 156 cm³/mol. The number of rotatable bonds is 7. The maximum atomic E-state index is 6.63. The van der Waals surface area contributed by atoms with Crippen molar-refractivity contribution in [1.29, 1.82) is 0 Å². The van der Waals surface area contributed by atoms with Gasteiger partial charge in [0.2, 0.25) is 0 Å². The summed E-state index contributed by atoms with van der Waals surface area (Å²) in [5, 5.41) is 6.57. The molecule has 1 atom stereocenters. The number of anilines is 2. The van der Waals surface area contributed by atoms with Crippen LogP contribution in [0.5, 0.6) is 0 Å². The van der Waals surface area contributed by atoms with Crippen LogP contribution in [0.25, 0.3) is 11.0 Å². The van der Waals surface area contributed by atoms with Crippen molar-refractivity contribution in [3.8, 4) is 0 Å². The van der Waals surface area contributed by atoms with Gasteiger partial charge in [0.15, 0.2) is 11.9 Å². The molecule has 2 aromatic heterocycles. The monoisotopic (exact) mass is 601 g/mol. The number of ether oxygens (including phenoxy) is 1. The third-order valence-electron chi connectivity index (χ3n) is 8.35. The second-order valence-electron chi connectivity index (χ2n) is 10.8. The lowest BCUT2D eigenvalue weighted by Crippen LogP contribution is -2.47. The average molecular weight is 603 g/mol. The maximum Gasteiger partial charge on any atom is 0.167 e. The number of likely N-dealkylation sites (tertiary alicyclic amines) is 1. The third-order valence-corrected chi connectivity index (χ3v) is 9.12. The quantitative estimate of drug-likeness (QED) is 0.349. The molecule has 3 aromatic rings. The number of hydrogen-bond donors (Lipinski definition) is 0. The van der Waals surface area contributed by atoms with E-state index in [0.717, 1.165) is 84.9 Å². The molecule has 10 heteroatoms. The molecule has 0 N–H and O–H groups in total. The summed E-state index contributed by atoms with van der Waals surface area (Å²) >= 11 is 10.3. The van der Waals surface area contributed by atoms with E-state index in [2.05, 4.69) is 54.7 Å². The van der Waals surface area contributed by atoms with E-state index in [1.54, 1.807) is 6.33 Å². The van der Waals surface area contributed by atoms with Gasteiger partial charge in [-0.3, -0.25) is 0 Å². The van der Waals surface area contributed by atoms with Gasteiger partial charge in [0.25, 0.3) is 0 Å². The van der Waals surface area contributed by atoms with Crippen molar-refractivity contribution >= 4 is 50.1 Å². The fourth-order valence-electron chi connectivity index (χ4n) is 6.24. The first-order valence-electron chi connectivity index (χ1n) is 14.1. The van der Waals surface area contributed by atoms with Crippen molar-refractivity contribution < 1.29 is 4.74 Å². The van der Waals surface area contributed by atoms with Crippen LogP contribution in [0.3, 0.4) is 0 Å². The zero-order chi connectivity index (χ0) is 26.1. The van der Waals surface area contributed by atoms with E-state index in [4.69, 9.17) is 26.4 Å². The van der Waals surface area contributed by atoms with Crippen LogP contribution in [0.2, 0.25) is 5.02 Å². The number of halogens is 2. The van der Waals surface area contributed by atoms with Crippen LogP contribution >= 0.6 is 27.5 Å². The predicted octanol–water partition coefficient (Wildman–Crippen LogP) is 5.60. The summed E-state index contributed by atoms with van der Waals surface area (Å²) in [5.41, 5.74) is 4.85. The summed E-state index contributed by atoms with van der Waals surface area (Å²) in [5.74, 6) is 0.939. The highest BCUT2D eigenvalue weighted by atomic mass is 79.9. The third kappa shape index (κ3) is 5.40. The van der Waals surface area contributed by atoms with Crippen LogP contribution in [-0.4, -0.2) is 77.1 Å². The Labute approximate surface area is 238 Å². The number of piperazine rings is 1. The Morgan fingerprint density at radius 1 is 1.00 bits per heavy atom. The van der Waals surface area contributed by atoms with Gasteiger partial charge in [0.05, 0.1) is 5.39 Å². The van der Waals surface area contributed by atoms with Crippen LogP contribution in [0.4, 0.5) is 11.5 Å². The molecule has 3 fully saturated rings. The van der Waals surface area contributed by atoms with Gasteiger partial charge in [-0.05, 0) is 111 Å². The van der Waals surface area contributed by atoms with Gasteiger partial charge < -0.3 is 19.4 Å².